The number of halogens is 1. The number of hydrogen-bond acceptors (Lipinski definition) is 7. The molecule has 0 radical (unpaired) electrons. The maximum atomic E-state index is 12.8. The number of aromatic nitrogens is 2. The zero-order valence-corrected chi connectivity index (χ0v) is 24.0. The number of carbonyl (C=O) groups is 2. The highest BCUT2D eigenvalue weighted by Crippen LogP contribution is 2.35. The molecular weight excluding hydrogens is 534 g/mol. The number of nitrogens with zero attached hydrogens (tertiary/aromatic N) is 2. The Morgan fingerprint density at radius 2 is 1.74 bits per heavy atom. The summed E-state index contributed by atoms with van der Waals surface area (Å²) >= 11 is 6.21. The second-order valence-corrected chi connectivity index (χ2v) is 16.1. The average Bonchev–Trinajstić information content (AvgIpc) is 2.91. The molecule has 4 rings (SSSR count). The van der Waals surface area contributed by atoms with Crippen LogP contribution in [-0.4, -0.2) is 43.8 Å². The standard InChI is InChI=1S/C29H30ClN3O5Si/c1-36-28(34)25-26(38-18-19-9-6-5-7-10-19)22-13-14-23(20-11-8-12-21(30)17-20)31-24(22)27(32-25)33-29(35)37-15-16-39(2,3)4/h5-14,17H,15-16,18H2,1-4H3,(H,32,33,35). The molecular formula is C29H30ClN3O5Si. The first-order chi connectivity index (χ1) is 18.6. The van der Waals surface area contributed by atoms with E-state index in [1.165, 1.54) is 7.11 Å². The van der Waals surface area contributed by atoms with Gasteiger partial charge in [-0.15, -0.1) is 0 Å². The van der Waals surface area contributed by atoms with Crippen molar-refractivity contribution in [2.45, 2.75) is 32.3 Å². The quantitative estimate of drug-likeness (QED) is 0.170. The molecule has 0 aliphatic carbocycles. The van der Waals surface area contributed by atoms with E-state index < -0.39 is 20.1 Å². The summed E-state index contributed by atoms with van der Waals surface area (Å²) in [5.74, 6) is -0.461. The number of rotatable bonds is 9. The van der Waals surface area contributed by atoms with Crippen LogP contribution in [0.25, 0.3) is 22.2 Å². The molecule has 0 unspecified atom stereocenters. The lowest BCUT2D eigenvalue weighted by molar-refractivity contribution is 0.0588. The third-order valence-corrected chi connectivity index (χ3v) is 7.77. The van der Waals surface area contributed by atoms with Crippen molar-refractivity contribution in [2.75, 3.05) is 19.0 Å². The summed E-state index contributed by atoms with van der Waals surface area (Å²) in [5, 5.41) is 3.71. The molecule has 2 aromatic carbocycles. The Hall–Kier alpha value is -3.95. The van der Waals surface area contributed by atoms with Gasteiger partial charge in [-0.2, -0.15) is 0 Å². The number of nitrogens with one attached hydrogen (secondary N) is 1. The summed E-state index contributed by atoms with van der Waals surface area (Å²) in [4.78, 5) is 34.8. The van der Waals surface area contributed by atoms with Crippen LogP contribution in [0.2, 0.25) is 30.7 Å². The van der Waals surface area contributed by atoms with Crippen LogP contribution in [-0.2, 0) is 16.1 Å². The lowest BCUT2D eigenvalue weighted by atomic mass is 10.1. The summed E-state index contributed by atoms with van der Waals surface area (Å²) in [6.45, 7) is 7.05. The molecule has 2 aromatic heterocycles. The molecule has 8 nitrogen and oxygen atoms in total. The number of esters is 1. The Morgan fingerprint density at radius 3 is 2.44 bits per heavy atom. The van der Waals surface area contributed by atoms with Gasteiger partial charge in [0.2, 0.25) is 0 Å². The minimum absolute atomic E-state index is 0.0549. The van der Waals surface area contributed by atoms with Gasteiger partial charge < -0.3 is 14.2 Å². The van der Waals surface area contributed by atoms with Crippen LogP contribution in [0, 0.1) is 0 Å². The first-order valence-corrected chi connectivity index (χ1v) is 16.5. The fraction of sp³-hybridized carbons (Fsp3) is 0.241. The second-order valence-electron chi connectivity index (χ2n) is 10.1. The predicted octanol–water partition coefficient (Wildman–Crippen LogP) is 7.20. The van der Waals surface area contributed by atoms with Gasteiger partial charge in [0.15, 0.2) is 17.3 Å². The zero-order chi connectivity index (χ0) is 28.0. The summed E-state index contributed by atoms with van der Waals surface area (Å²) in [7, 11) is -0.147. The molecule has 39 heavy (non-hydrogen) atoms. The maximum absolute atomic E-state index is 12.8. The number of methoxy groups -OCH3 is 1. The molecule has 1 amide bonds. The van der Waals surface area contributed by atoms with Crippen molar-refractivity contribution in [3.05, 3.63) is 83.0 Å². The van der Waals surface area contributed by atoms with Crippen molar-refractivity contribution < 1.29 is 23.8 Å². The molecule has 0 aliphatic heterocycles. The van der Waals surface area contributed by atoms with Gasteiger partial charge in [0.1, 0.15) is 12.1 Å². The van der Waals surface area contributed by atoms with Crippen LogP contribution in [0.1, 0.15) is 16.1 Å². The number of benzene rings is 2. The van der Waals surface area contributed by atoms with E-state index >= 15 is 0 Å². The van der Waals surface area contributed by atoms with E-state index in [1.807, 2.05) is 42.5 Å². The minimum atomic E-state index is -1.40. The number of fused-ring (bicyclic) bond motifs is 1. The van der Waals surface area contributed by atoms with Gasteiger partial charge in [-0.05, 0) is 35.9 Å². The molecule has 202 valence electrons. The van der Waals surface area contributed by atoms with Crippen LogP contribution in [0.3, 0.4) is 0 Å². The molecule has 0 saturated carbocycles. The van der Waals surface area contributed by atoms with Crippen molar-refractivity contribution in [3.63, 3.8) is 0 Å². The van der Waals surface area contributed by atoms with Gasteiger partial charge in [0.25, 0.3) is 0 Å². The third-order valence-electron chi connectivity index (χ3n) is 5.83. The van der Waals surface area contributed by atoms with Gasteiger partial charge in [-0.3, -0.25) is 5.32 Å². The Kier molecular flexibility index (Phi) is 8.83. The maximum Gasteiger partial charge on any atom is 0.412 e. The molecule has 4 aromatic rings. The first-order valence-electron chi connectivity index (χ1n) is 12.4. The SMILES string of the molecule is COC(=O)c1nc(NC(=O)OCC[Si](C)(C)C)c2nc(-c3cccc(Cl)c3)ccc2c1OCc1ccccc1. The molecule has 0 atom stereocenters. The Balaban J connectivity index is 1.80. The number of hydrogen-bond donors (Lipinski definition) is 1. The second kappa shape index (κ2) is 12.3. The molecule has 10 heteroatoms. The van der Waals surface area contributed by atoms with Crippen LogP contribution in [0.4, 0.5) is 10.6 Å². The largest absolute Gasteiger partial charge is 0.486 e. The zero-order valence-electron chi connectivity index (χ0n) is 22.3. The highest BCUT2D eigenvalue weighted by Gasteiger charge is 2.24. The predicted molar refractivity (Wildman–Crippen MR) is 155 cm³/mol. The van der Waals surface area contributed by atoms with Crippen molar-refractivity contribution in [3.8, 4) is 17.0 Å². The smallest absolute Gasteiger partial charge is 0.412 e. The van der Waals surface area contributed by atoms with E-state index in [4.69, 9.17) is 30.8 Å². The molecule has 0 bridgehead atoms. The average molecular weight is 564 g/mol. The first kappa shape index (κ1) is 28.1. The lowest BCUT2D eigenvalue weighted by Crippen LogP contribution is -2.24. The van der Waals surface area contributed by atoms with E-state index in [-0.39, 0.29) is 30.5 Å². The van der Waals surface area contributed by atoms with Gasteiger partial charge in [0.05, 0.1) is 19.4 Å². The van der Waals surface area contributed by atoms with Crippen LogP contribution in [0.15, 0.2) is 66.7 Å². The summed E-state index contributed by atoms with van der Waals surface area (Å²) < 4.78 is 16.5. The Labute approximate surface area is 233 Å². The normalized spacial score (nSPS) is 11.2. The highest BCUT2D eigenvalue weighted by atomic mass is 35.5. The number of amides is 1. The summed E-state index contributed by atoms with van der Waals surface area (Å²) in [6.07, 6.45) is -0.689. The fourth-order valence-corrected chi connectivity index (χ4v) is 4.66. The molecule has 0 aliphatic rings. The number of carbonyl (C=O) groups excluding carboxylic acids is 2. The molecule has 0 saturated heterocycles. The Morgan fingerprint density at radius 1 is 0.974 bits per heavy atom. The van der Waals surface area contributed by atoms with Crippen molar-refractivity contribution >= 4 is 48.5 Å². The van der Waals surface area contributed by atoms with Crippen LogP contribution < -0.4 is 10.1 Å². The monoisotopic (exact) mass is 563 g/mol. The van der Waals surface area contributed by atoms with E-state index in [0.717, 1.165) is 17.2 Å². The topological polar surface area (TPSA) is 99.6 Å². The lowest BCUT2D eigenvalue weighted by Gasteiger charge is -2.17. The molecule has 0 spiro atoms. The Bertz CT molecular complexity index is 1490. The van der Waals surface area contributed by atoms with E-state index in [1.54, 1.807) is 24.3 Å². The molecule has 1 N–H and O–H groups in total. The third kappa shape index (κ3) is 7.33. The highest BCUT2D eigenvalue weighted by molar-refractivity contribution is 6.76. The summed E-state index contributed by atoms with van der Waals surface area (Å²) in [5.41, 5.74) is 2.51. The van der Waals surface area contributed by atoms with Crippen molar-refractivity contribution in [2.24, 2.45) is 0 Å². The summed E-state index contributed by atoms with van der Waals surface area (Å²) in [6, 6.07) is 21.2. The van der Waals surface area contributed by atoms with Gasteiger partial charge in [-0.1, -0.05) is 73.7 Å². The van der Waals surface area contributed by atoms with Gasteiger partial charge in [0, 0.05) is 24.0 Å². The fourth-order valence-electron chi connectivity index (χ4n) is 3.76. The number of ether oxygens (including phenoxy) is 3. The number of pyridine rings is 2. The van der Waals surface area contributed by atoms with Crippen LogP contribution >= 0.6 is 11.6 Å². The van der Waals surface area contributed by atoms with Crippen LogP contribution in [0.5, 0.6) is 5.75 Å². The molecule has 2 heterocycles. The van der Waals surface area contributed by atoms with E-state index in [0.29, 0.717) is 21.6 Å². The number of anilines is 1. The van der Waals surface area contributed by atoms with E-state index in [2.05, 4.69) is 29.9 Å². The van der Waals surface area contributed by atoms with Crippen molar-refractivity contribution in [1.82, 2.24) is 9.97 Å². The minimum Gasteiger partial charge on any atom is -0.486 e. The van der Waals surface area contributed by atoms with E-state index in [9.17, 15) is 9.59 Å². The van der Waals surface area contributed by atoms with Gasteiger partial charge >= 0.3 is 12.1 Å². The molecule has 0 fully saturated rings. The van der Waals surface area contributed by atoms with Crippen molar-refractivity contribution in [1.29, 1.82) is 0 Å². The van der Waals surface area contributed by atoms with Gasteiger partial charge in [-0.25, -0.2) is 19.6 Å².